The van der Waals surface area contributed by atoms with Crippen LogP contribution in [0.4, 0.5) is 0 Å². The molecule has 16 heavy (non-hydrogen) atoms. The highest BCUT2D eigenvalue weighted by atomic mass is 16.5. The molecule has 92 valence electrons. The number of nitrogens with one attached hydrogen (secondary N) is 1. The number of morpholine rings is 1. The van der Waals surface area contributed by atoms with Gasteiger partial charge >= 0.3 is 0 Å². The summed E-state index contributed by atoms with van der Waals surface area (Å²) in [5.41, 5.74) is 2.74. The number of ether oxygens (including phenoxy) is 1. The molecule has 0 amide bonds. The maximum Gasteiger partial charge on any atom is 0.209 e. The molecule has 0 bridgehead atoms. The second-order valence-electron chi connectivity index (χ2n) is 4.79. The number of rotatable bonds is 1. The van der Waals surface area contributed by atoms with Crippen molar-refractivity contribution in [3.63, 3.8) is 0 Å². The van der Waals surface area contributed by atoms with Crippen LogP contribution in [0, 0.1) is 0 Å². The zero-order valence-electron chi connectivity index (χ0n) is 10.1. The Hall–Kier alpha value is -0.810. The van der Waals surface area contributed by atoms with Gasteiger partial charge in [0.2, 0.25) is 5.96 Å². The first-order chi connectivity index (χ1) is 7.72. The van der Waals surface area contributed by atoms with E-state index in [1.54, 1.807) is 0 Å². The number of fused-ring (bicyclic) bond motifs is 1. The Morgan fingerprint density at radius 2 is 2.31 bits per heavy atom. The Balaban J connectivity index is 2.11. The van der Waals surface area contributed by atoms with Gasteiger partial charge in [-0.1, -0.05) is 0 Å². The number of nitrogens with zero attached hydrogens (tertiary/aromatic N) is 2. The van der Waals surface area contributed by atoms with Crippen LogP contribution in [0.5, 0.6) is 0 Å². The molecule has 2 aliphatic rings. The van der Waals surface area contributed by atoms with Gasteiger partial charge in [-0.25, -0.2) is 10.8 Å². The summed E-state index contributed by atoms with van der Waals surface area (Å²) in [6, 6.07) is 0.719. The van der Waals surface area contributed by atoms with E-state index >= 15 is 0 Å². The van der Waals surface area contributed by atoms with E-state index in [0.717, 1.165) is 19.1 Å². The summed E-state index contributed by atoms with van der Waals surface area (Å²) in [6.07, 6.45) is 3.97. The van der Waals surface area contributed by atoms with Crippen LogP contribution >= 0.6 is 0 Å². The summed E-state index contributed by atoms with van der Waals surface area (Å²) in [5.74, 6) is 6.39. The minimum Gasteiger partial charge on any atom is -0.374 e. The fourth-order valence-electron chi connectivity index (χ4n) is 2.63. The molecule has 1 aliphatic heterocycles. The summed E-state index contributed by atoms with van der Waals surface area (Å²) >= 11 is 0. The van der Waals surface area contributed by atoms with Gasteiger partial charge in [0.05, 0.1) is 18.8 Å². The molecule has 1 saturated carbocycles. The lowest BCUT2D eigenvalue weighted by Gasteiger charge is -2.39. The van der Waals surface area contributed by atoms with Crippen molar-refractivity contribution < 1.29 is 4.74 Å². The molecule has 3 N–H and O–H groups in total. The van der Waals surface area contributed by atoms with Crippen molar-refractivity contribution >= 4 is 5.96 Å². The van der Waals surface area contributed by atoms with E-state index in [0.29, 0.717) is 12.1 Å². The SMILES string of the molecule is CC(C)N=C(NN)N1CCOC2CCCC21. The fraction of sp³-hybridized carbons (Fsp3) is 0.909. The molecular formula is C11H22N4O. The molecule has 2 rings (SSSR count). The summed E-state index contributed by atoms with van der Waals surface area (Å²) in [5, 5.41) is 0. The molecule has 5 heteroatoms. The molecule has 1 aliphatic carbocycles. The van der Waals surface area contributed by atoms with E-state index in [-0.39, 0.29) is 6.04 Å². The Bertz CT molecular complexity index is 267. The Labute approximate surface area is 97.0 Å². The van der Waals surface area contributed by atoms with Crippen molar-refractivity contribution in [2.75, 3.05) is 13.2 Å². The number of guanidine groups is 1. The predicted octanol–water partition coefficient (Wildman–Crippen LogP) is 0.467. The number of aliphatic imine (C=N–C) groups is 1. The zero-order valence-corrected chi connectivity index (χ0v) is 10.1. The topological polar surface area (TPSA) is 62.9 Å². The maximum absolute atomic E-state index is 5.77. The average molecular weight is 226 g/mol. The van der Waals surface area contributed by atoms with Crippen LogP contribution in [0.1, 0.15) is 33.1 Å². The van der Waals surface area contributed by atoms with Crippen molar-refractivity contribution in [3.8, 4) is 0 Å². The lowest BCUT2D eigenvalue weighted by molar-refractivity contribution is -0.0306. The lowest BCUT2D eigenvalue weighted by Crippen LogP contribution is -2.56. The minimum atomic E-state index is 0.258. The Kier molecular flexibility index (Phi) is 3.66. The second kappa shape index (κ2) is 5.01. The molecule has 0 aromatic carbocycles. The molecule has 2 atom stereocenters. The molecule has 0 spiro atoms. The van der Waals surface area contributed by atoms with E-state index in [1.165, 1.54) is 19.3 Å². The normalized spacial score (nSPS) is 30.8. The smallest absolute Gasteiger partial charge is 0.209 e. The standard InChI is InChI=1S/C11H22N4O/c1-8(2)13-11(14-12)15-6-7-16-10-5-3-4-9(10)15/h8-10H,3-7,12H2,1-2H3,(H,13,14). The number of hydrazine groups is 1. The maximum atomic E-state index is 5.77. The van der Waals surface area contributed by atoms with Crippen molar-refractivity contribution in [1.82, 2.24) is 10.3 Å². The molecule has 2 unspecified atom stereocenters. The average Bonchev–Trinajstić information content (AvgIpc) is 2.73. The minimum absolute atomic E-state index is 0.258. The van der Waals surface area contributed by atoms with Crippen LogP contribution in [0.15, 0.2) is 4.99 Å². The van der Waals surface area contributed by atoms with Gasteiger partial charge < -0.3 is 9.64 Å². The monoisotopic (exact) mass is 226 g/mol. The van der Waals surface area contributed by atoms with E-state index in [9.17, 15) is 0 Å². The first-order valence-electron chi connectivity index (χ1n) is 6.15. The van der Waals surface area contributed by atoms with Crippen molar-refractivity contribution in [2.24, 2.45) is 10.8 Å². The predicted molar refractivity (Wildman–Crippen MR) is 64.0 cm³/mol. The highest BCUT2D eigenvalue weighted by Crippen LogP contribution is 2.29. The van der Waals surface area contributed by atoms with Crippen LogP contribution in [0.3, 0.4) is 0 Å². The molecule has 0 aromatic rings. The molecule has 5 nitrogen and oxygen atoms in total. The molecule has 0 radical (unpaired) electrons. The second-order valence-corrected chi connectivity index (χ2v) is 4.79. The first-order valence-corrected chi connectivity index (χ1v) is 6.15. The van der Waals surface area contributed by atoms with Crippen LogP contribution < -0.4 is 11.3 Å². The van der Waals surface area contributed by atoms with Gasteiger partial charge in [-0.2, -0.15) is 0 Å². The Morgan fingerprint density at radius 1 is 1.50 bits per heavy atom. The zero-order chi connectivity index (χ0) is 11.5. The van der Waals surface area contributed by atoms with Crippen molar-refractivity contribution in [3.05, 3.63) is 0 Å². The molecule has 0 aromatic heterocycles. The van der Waals surface area contributed by atoms with Crippen LogP contribution in [-0.2, 0) is 4.74 Å². The van der Waals surface area contributed by atoms with Gasteiger partial charge in [0.25, 0.3) is 0 Å². The summed E-state index contributed by atoms with van der Waals surface area (Å²) < 4.78 is 5.77. The van der Waals surface area contributed by atoms with E-state index in [2.05, 4.69) is 29.2 Å². The van der Waals surface area contributed by atoms with E-state index < -0.39 is 0 Å². The van der Waals surface area contributed by atoms with Gasteiger partial charge in [-0.15, -0.1) is 0 Å². The molecule has 2 fully saturated rings. The van der Waals surface area contributed by atoms with Crippen molar-refractivity contribution in [1.29, 1.82) is 0 Å². The Morgan fingerprint density at radius 3 is 3.00 bits per heavy atom. The molecule has 1 saturated heterocycles. The highest BCUT2D eigenvalue weighted by molar-refractivity contribution is 5.80. The quantitative estimate of drug-likeness (QED) is 0.295. The van der Waals surface area contributed by atoms with Gasteiger partial charge in [0, 0.05) is 12.6 Å². The third kappa shape index (κ3) is 2.30. The summed E-state index contributed by atoms with van der Waals surface area (Å²) in [4.78, 5) is 6.81. The fourth-order valence-corrected chi connectivity index (χ4v) is 2.63. The van der Waals surface area contributed by atoms with Crippen LogP contribution in [0.2, 0.25) is 0 Å². The van der Waals surface area contributed by atoms with Gasteiger partial charge in [0.15, 0.2) is 0 Å². The summed E-state index contributed by atoms with van der Waals surface area (Å²) in [7, 11) is 0. The number of hydrogen-bond donors (Lipinski definition) is 2. The van der Waals surface area contributed by atoms with Gasteiger partial charge in [-0.3, -0.25) is 5.43 Å². The molecule has 1 heterocycles. The van der Waals surface area contributed by atoms with E-state index in [4.69, 9.17) is 10.6 Å². The van der Waals surface area contributed by atoms with Crippen LogP contribution in [-0.4, -0.2) is 42.2 Å². The summed E-state index contributed by atoms with van der Waals surface area (Å²) in [6.45, 7) is 5.78. The third-order valence-electron chi connectivity index (χ3n) is 3.26. The van der Waals surface area contributed by atoms with Gasteiger partial charge in [-0.05, 0) is 33.1 Å². The van der Waals surface area contributed by atoms with E-state index in [1.807, 2.05) is 0 Å². The number of hydrogen-bond acceptors (Lipinski definition) is 3. The largest absolute Gasteiger partial charge is 0.374 e. The third-order valence-corrected chi connectivity index (χ3v) is 3.26. The lowest BCUT2D eigenvalue weighted by atomic mass is 10.1. The van der Waals surface area contributed by atoms with Crippen molar-refractivity contribution in [2.45, 2.75) is 51.3 Å². The molecular weight excluding hydrogens is 204 g/mol. The highest BCUT2D eigenvalue weighted by Gasteiger charge is 2.37. The van der Waals surface area contributed by atoms with Crippen LogP contribution in [0.25, 0.3) is 0 Å². The number of nitrogens with two attached hydrogens (primary N) is 1. The van der Waals surface area contributed by atoms with Gasteiger partial charge in [0.1, 0.15) is 0 Å². The first kappa shape index (κ1) is 11.7.